The fourth-order valence-electron chi connectivity index (χ4n) is 1.10. The Balaban J connectivity index is 3.33. The third kappa shape index (κ3) is 3.45. The summed E-state index contributed by atoms with van der Waals surface area (Å²) in [4.78, 5) is 13.0. The van der Waals surface area contributed by atoms with E-state index in [4.69, 9.17) is 4.74 Å². The molecule has 0 bridgehead atoms. The molecular formula is C8H6BrF3N2O4. The summed E-state index contributed by atoms with van der Waals surface area (Å²) in [6.45, 7) is 0. The molecule has 10 heteroatoms. The highest BCUT2D eigenvalue weighted by molar-refractivity contribution is 9.08. The summed E-state index contributed by atoms with van der Waals surface area (Å²) in [7, 11) is 1.18. The lowest BCUT2D eigenvalue weighted by Crippen LogP contribution is -2.19. The van der Waals surface area contributed by atoms with Crippen molar-refractivity contribution in [1.82, 2.24) is 4.98 Å². The molecule has 0 saturated heterocycles. The largest absolute Gasteiger partial charge is 0.574 e. The topological polar surface area (TPSA) is 74.5 Å². The van der Waals surface area contributed by atoms with E-state index in [0.29, 0.717) is 0 Å². The maximum atomic E-state index is 12.1. The number of hydrogen-bond acceptors (Lipinski definition) is 5. The van der Waals surface area contributed by atoms with Gasteiger partial charge in [0.2, 0.25) is 5.88 Å². The summed E-state index contributed by atoms with van der Waals surface area (Å²) >= 11 is 3.01. The van der Waals surface area contributed by atoms with Crippen molar-refractivity contribution >= 4 is 21.6 Å². The number of nitrogens with zero attached hydrogens (tertiary/aromatic N) is 2. The van der Waals surface area contributed by atoms with Crippen LogP contribution in [0.25, 0.3) is 0 Å². The van der Waals surface area contributed by atoms with Crippen LogP contribution in [0.1, 0.15) is 5.56 Å². The SMILES string of the molecule is COc1nc(OC(F)(F)F)c([N+](=O)[O-])cc1CBr. The molecule has 1 aromatic rings. The zero-order chi connectivity index (χ0) is 13.9. The smallest absolute Gasteiger partial charge is 0.481 e. The van der Waals surface area contributed by atoms with Crippen molar-refractivity contribution in [1.29, 1.82) is 0 Å². The molecule has 1 heterocycles. The fraction of sp³-hybridized carbons (Fsp3) is 0.375. The van der Waals surface area contributed by atoms with Crippen LogP contribution in [0.15, 0.2) is 6.07 Å². The number of aromatic nitrogens is 1. The molecule has 0 aromatic carbocycles. The standard InChI is InChI=1S/C8H6BrF3N2O4/c1-17-6-4(3-9)2-5(14(15)16)7(13-6)18-8(10,11)12/h2H,3H2,1H3. The number of hydrogen-bond donors (Lipinski definition) is 0. The van der Waals surface area contributed by atoms with Gasteiger partial charge in [-0.3, -0.25) is 10.1 Å². The first-order valence-electron chi connectivity index (χ1n) is 4.32. The monoisotopic (exact) mass is 330 g/mol. The molecule has 1 rings (SSSR count). The number of ether oxygens (including phenoxy) is 2. The Hall–Kier alpha value is -1.58. The van der Waals surface area contributed by atoms with Crippen LogP contribution in [0.4, 0.5) is 18.9 Å². The molecule has 0 aliphatic carbocycles. The molecular weight excluding hydrogens is 325 g/mol. The van der Waals surface area contributed by atoms with Crippen LogP contribution in [0.2, 0.25) is 0 Å². The molecule has 18 heavy (non-hydrogen) atoms. The fourth-order valence-corrected chi connectivity index (χ4v) is 1.50. The molecule has 0 amide bonds. The van der Waals surface area contributed by atoms with Crippen molar-refractivity contribution in [2.75, 3.05) is 7.11 Å². The van der Waals surface area contributed by atoms with Crippen molar-refractivity contribution in [2.45, 2.75) is 11.7 Å². The number of pyridine rings is 1. The molecule has 0 aliphatic rings. The molecule has 0 atom stereocenters. The van der Waals surface area contributed by atoms with Crippen molar-refractivity contribution < 1.29 is 27.6 Å². The van der Waals surface area contributed by atoms with Crippen molar-refractivity contribution in [3.05, 3.63) is 21.7 Å². The zero-order valence-corrected chi connectivity index (χ0v) is 10.4. The lowest BCUT2D eigenvalue weighted by molar-refractivity contribution is -0.389. The summed E-state index contributed by atoms with van der Waals surface area (Å²) < 4.78 is 44.4. The van der Waals surface area contributed by atoms with Crippen LogP contribution in [-0.4, -0.2) is 23.4 Å². The average molecular weight is 331 g/mol. The third-order valence-electron chi connectivity index (χ3n) is 1.75. The molecule has 6 nitrogen and oxygen atoms in total. The van der Waals surface area contributed by atoms with E-state index in [2.05, 4.69) is 25.7 Å². The minimum Gasteiger partial charge on any atom is -0.481 e. The number of methoxy groups -OCH3 is 1. The molecule has 100 valence electrons. The van der Waals surface area contributed by atoms with Gasteiger partial charge in [0.1, 0.15) is 0 Å². The first-order valence-corrected chi connectivity index (χ1v) is 5.44. The van der Waals surface area contributed by atoms with E-state index in [1.54, 1.807) is 0 Å². The Bertz CT molecular complexity index is 466. The number of nitro groups is 1. The third-order valence-corrected chi connectivity index (χ3v) is 2.36. The Kier molecular flexibility index (Phi) is 4.33. The van der Waals surface area contributed by atoms with Gasteiger partial charge in [0.15, 0.2) is 0 Å². The molecule has 0 fully saturated rings. The Morgan fingerprint density at radius 1 is 1.50 bits per heavy atom. The van der Waals surface area contributed by atoms with Gasteiger partial charge in [-0.25, -0.2) is 0 Å². The van der Waals surface area contributed by atoms with Crippen molar-refractivity contribution in [3.63, 3.8) is 0 Å². The predicted octanol–water partition coefficient (Wildman–Crippen LogP) is 2.79. The van der Waals surface area contributed by atoms with E-state index in [9.17, 15) is 23.3 Å². The van der Waals surface area contributed by atoms with Gasteiger partial charge in [-0.2, -0.15) is 4.98 Å². The van der Waals surface area contributed by atoms with E-state index >= 15 is 0 Å². The predicted molar refractivity (Wildman–Crippen MR) is 56.8 cm³/mol. The highest BCUT2D eigenvalue weighted by atomic mass is 79.9. The Labute approximate surface area is 107 Å². The van der Waals surface area contributed by atoms with Gasteiger partial charge in [-0.15, -0.1) is 13.2 Å². The number of rotatable bonds is 4. The molecule has 0 saturated carbocycles. The van der Waals surface area contributed by atoms with Gasteiger partial charge in [-0.05, 0) is 0 Å². The number of halogens is 4. The van der Waals surface area contributed by atoms with Crippen LogP contribution in [0, 0.1) is 10.1 Å². The van der Waals surface area contributed by atoms with Crippen LogP contribution >= 0.6 is 15.9 Å². The van der Waals surface area contributed by atoms with E-state index < -0.39 is 22.9 Å². The summed E-state index contributed by atoms with van der Waals surface area (Å²) in [5, 5.41) is 10.8. The maximum Gasteiger partial charge on any atom is 0.574 e. The minimum atomic E-state index is -5.07. The second-order valence-electron chi connectivity index (χ2n) is 2.92. The van der Waals surface area contributed by atoms with Gasteiger partial charge in [0.25, 0.3) is 0 Å². The van der Waals surface area contributed by atoms with E-state index in [0.717, 1.165) is 6.07 Å². The second-order valence-corrected chi connectivity index (χ2v) is 3.48. The second kappa shape index (κ2) is 5.38. The highest BCUT2D eigenvalue weighted by Crippen LogP contribution is 2.34. The van der Waals surface area contributed by atoms with Gasteiger partial charge in [-0.1, -0.05) is 15.9 Å². The maximum absolute atomic E-state index is 12.1. The lowest BCUT2D eigenvalue weighted by Gasteiger charge is -2.11. The first kappa shape index (κ1) is 14.5. The van der Waals surface area contributed by atoms with Gasteiger partial charge < -0.3 is 9.47 Å². The molecule has 0 unspecified atom stereocenters. The minimum absolute atomic E-state index is 0.135. The first-order chi connectivity index (χ1) is 8.28. The van der Waals surface area contributed by atoms with Crippen LogP contribution in [0.3, 0.4) is 0 Å². The van der Waals surface area contributed by atoms with Crippen LogP contribution < -0.4 is 9.47 Å². The molecule has 0 N–H and O–H groups in total. The van der Waals surface area contributed by atoms with Crippen molar-refractivity contribution in [3.8, 4) is 11.8 Å². The molecule has 0 aliphatic heterocycles. The van der Waals surface area contributed by atoms with Gasteiger partial charge in [0, 0.05) is 17.0 Å². The normalized spacial score (nSPS) is 11.2. The molecule has 1 aromatic heterocycles. The summed E-state index contributed by atoms with van der Waals surface area (Å²) in [5.41, 5.74) is -0.652. The Morgan fingerprint density at radius 2 is 2.11 bits per heavy atom. The summed E-state index contributed by atoms with van der Waals surface area (Å²) in [5.74, 6) is -1.34. The summed E-state index contributed by atoms with van der Waals surface area (Å²) in [6, 6.07) is 0.904. The van der Waals surface area contributed by atoms with Crippen LogP contribution in [0.5, 0.6) is 11.8 Å². The van der Waals surface area contributed by atoms with Crippen LogP contribution in [-0.2, 0) is 5.33 Å². The average Bonchev–Trinajstić information content (AvgIpc) is 2.25. The van der Waals surface area contributed by atoms with Gasteiger partial charge >= 0.3 is 17.9 Å². The molecule has 0 radical (unpaired) electrons. The summed E-state index contributed by atoms with van der Waals surface area (Å²) in [6.07, 6.45) is -5.07. The van der Waals surface area contributed by atoms with E-state index in [1.807, 2.05) is 0 Å². The molecule has 0 spiro atoms. The lowest BCUT2D eigenvalue weighted by atomic mass is 10.3. The highest BCUT2D eigenvalue weighted by Gasteiger charge is 2.36. The van der Waals surface area contributed by atoms with E-state index in [-0.39, 0.29) is 16.8 Å². The van der Waals surface area contributed by atoms with Gasteiger partial charge in [0.05, 0.1) is 12.0 Å². The zero-order valence-electron chi connectivity index (χ0n) is 8.82. The number of alkyl halides is 4. The van der Waals surface area contributed by atoms with Crippen molar-refractivity contribution in [2.24, 2.45) is 0 Å². The van der Waals surface area contributed by atoms with E-state index in [1.165, 1.54) is 7.11 Å². The Morgan fingerprint density at radius 3 is 2.50 bits per heavy atom. The quantitative estimate of drug-likeness (QED) is 0.482.